The molecule has 2 rings (SSSR count). The molecule has 0 spiro atoms. The molecule has 0 aliphatic rings. The van der Waals surface area contributed by atoms with E-state index in [1.807, 2.05) is 6.20 Å². The molecule has 3 heteroatoms. The molecule has 0 aliphatic carbocycles. The summed E-state index contributed by atoms with van der Waals surface area (Å²) < 4.78 is 0. The van der Waals surface area contributed by atoms with Crippen molar-refractivity contribution in [1.82, 2.24) is 15.5 Å². The zero-order chi connectivity index (χ0) is 14.9. The van der Waals surface area contributed by atoms with Crippen LogP contribution >= 0.6 is 0 Å². The van der Waals surface area contributed by atoms with Gasteiger partial charge in [0, 0.05) is 12.1 Å². The van der Waals surface area contributed by atoms with Crippen LogP contribution in [-0.4, -0.2) is 16.7 Å². The molecule has 0 atom stereocenters. The summed E-state index contributed by atoms with van der Waals surface area (Å²) in [6.45, 7) is 6.33. The van der Waals surface area contributed by atoms with E-state index in [4.69, 9.17) is 0 Å². The van der Waals surface area contributed by atoms with Crippen LogP contribution in [0.15, 0.2) is 30.5 Å². The topological polar surface area (TPSA) is 40.7 Å². The van der Waals surface area contributed by atoms with Crippen molar-refractivity contribution in [1.29, 1.82) is 0 Å². The monoisotopic (exact) mass is 285 g/mol. The van der Waals surface area contributed by atoms with E-state index in [0.717, 1.165) is 18.8 Å². The van der Waals surface area contributed by atoms with E-state index in [1.165, 1.54) is 48.8 Å². The fourth-order valence-electron chi connectivity index (χ4n) is 2.49. The Labute approximate surface area is 128 Å². The summed E-state index contributed by atoms with van der Waals surface area (Å²) in [6.07, 6.45) is 8.55. The molecule has 2 aromatic rings. The highest BCUT2D eigenvalue weighted by Gasteiger charge is 2.06. The minimum atomic E-state index is 0.882. The average molecular weight is 285 g/mol. The molecular formula is C18H27N3. The number of hydrogen-bond acceptors (Lipinski definition) is 2. The van der Waals surface area contributed by atoms with Gasteiger partial charge in [-0.1, -0.05) is 62.4 Å². The fourth-order valence-corrected chi connectivity index (χ4v) is 2.49. The minimum Gasteiger partial charge on any atom is -0.313 e. The van der Waals surface area contributed by atoms with Gasteiger partial charge in [0.25, 0.3) is 0 Å². The highest BCUT2D eigenvalue weighted by molar-refractivity contribution is 5.62. The van der Waals surface area contributed by atoms with Gasteiger partial charge < -0.3 is 5.32 Å². The molecule has 0 bridgehead atoms. The van der Waals surface area contributed by atoms with Crippen LogP contribution in [0.5, 0.6) is 0 Å². The lowest BCUT2D eigenvalue weighted by Gasteiger charge is -2.06. The SMILES string of the molecule is CCCCCCCNCc1cn[nH]c1-c1ccc(C)cc1. The summed E-state index contributed by atoms with van der Waals surface area (Å²) in [6, 6.07) is 8.58. The molecule has 0 radical (unpaired) electrons. The molecule has 21 heavy (non-hydrogen) atoms. The molecule has 0 fully saturated rings. The van der Waals surface area contributed by atoms with E-state index in [2.05, 4.69) is 53.6 Å². The van der Waals surface area contributed by atoms with Crippen molar-refractivity contribution in [2.24, 2.45) is 0 Å². The number of nitrogens with one attached hydrogen (secondary N) is 2. The number of aryl methyl sites for hydroxylation is 1. The lowest BCUT2D eigenvalue weighted by atomic mass is 10.1. The summed E-state index contributed by atoms with van der Waals surface area (Å²) in [7, 11) is 0. The predicted octanol–water partition coefficient (Wildman–Crippen LogP) is 4.45. The maximum absolute atomic E-state index is 4.20. The quantitative estimate of drug-likeness (QED) is 0.668. The van der Waals surface area contributed by atoms with Gasteiger partial charge >= 0.3 is 0 Å². The van der Waals surface area contributed by atoms with Crippen molar-refractivity contribution in [2.75, 3.05) is 6.54 Å². The van der Waals surface area contributed by atoms with Crippen LogP contribution in [0.3, 0.4) is 0 Å². The van der Waals surface area contributed by atoms with Crippen molar-refractivity contribution in [2.45, 2.75) is 52.5 Å². The average Bonchev–Trinajstić information content (AvgIpc) is 2.95. The highest BCUT2D eigenvalue weighted by Crippen LogP contribution is 2.21. The molecule has 3 nitrogen and oxygen atoms in total. The zero-order valence-corrected chi connectivity index (χ0v) is 13.3. The summed E-state index contributed by atoms with van der Waals surface area (Å²) in [4.78, 5) is 0. The number of aromatic nitrogens is 2. The lowest BCUT2D eigenvalue weighted by Crippen LogP contribution is -2.14. The second-order valence-electron chi connectivity index (χ2n) is 5.73. The third-order valence-electron chi connectivity index (χ3n) is 3.83. The molecule has 0 amide bonds. The minimum absolute atomic E-state index is 0.882. The third-order valence-corrected chi connectivity index (χ3v) is 3.83. The van der Waals surface area contributed by atoms with Crippen LogP contribution in [0.4, 0.5) is 0 Å². The van der Waals surface area contributed by atoms with E-state index >= 15 is 0 Å². The van der Waals surface area contributed by atoms with E-state index in [1.54, 1.807) is 0 Å². The Morgan fingerprint density at radius 3 is 2.57 bits per heavy atom. The van der Waals surface area contributed by atoms with Crippen LogP contribution in [0.1, 0.15) is 50.2 Å². The van der Waals surface area contributed by atoms with Gasteiger partial charge in [-0.25, -0.2) is 0 Å². The Bertz CT molecular complexity index is 514. The van der Waals surface area contributed by atoms with Gasteiger partial charge in [0.15, 0.2) is 0 Å². The number of nitrogens with zero attached hydrogens (tertiary/aromatic N) is 1. The van der Waals surface area contributed by atoms with Gasteiger partial charge in [-0.3, -0.25) is 5.10 Å². The Hall–Kier alpha value is -1.61. The van der Waals surface area contributed by atoms with Gasteiger partial charge in [0.2, 0.25) is 0 Å². The Morgan fingerprint density at radius 1 is 1.05 bits per heavy atom. The molecule has 0 saturated heterocycles. The first-order valence-corrected chi connectivity index (χ1v) is 8.11. The number of aromatic amines is 1. The second-order valence-corrected chi connectivity index (χ2v) is 5.73. The number of benzene rings is 1. The van der Waals surface area contributed by atoms with Crippen LogP contribution < -0.4 is 5.32 Å². The summed E-state index contributed by atoms with van der Waals surface area (Å²) in [5.74, 6) is 0. The Balaban J connectivity index is 1.79. The van der Waals surface area contributed by atoms with Gasteiger partial charge in [-0.05, 0) is 25.5 Å². The molecule has 1 aromatic carbocycles. The van der Waals surface area contributed by atoms with E-state index in [0.29, 0.717) is 0 Å². The third kappa shape index (κ3) is 5.01. The highest BCUT2D eigenvalue weighted by atomic mass is 15.1. The molecule has 1 aromatic heterocycles. The normalized spacial score (nSPS) is 11.0. The first-order valence-electron chi connectivity index (χ1n) is 8.11. The Morgan fingerprint density at radius 2 is 1.81 bits per heavy atom. The first-order chi connectivity index (χ1) is 10.3. The van der Waals surface area contributed by atoms with Gasteiger partial charge in [-0.2, -0.15) is 5.10 Å². The van der Waals surface area contributed by atoms with Gasteiger partial charge in [0.05, 0.1) is 11.9 Å². The zero-order valence-electron chi connectivity index (χ0n) is 13.3. The number of H-pyrrole nitrogens is 1. The number of unbranched alkanes of at least 4 members (excludes halogenated alkanes) is 4. The van der Waals surface area contributed by atoms with Crippen molar-refractivity contribution in [3.05, 3.63) is 41.6 Å². The summed E-state index contributed by atoms with van der Waals surface area (Å²) in [5.41, 5.74) is 4.86. The predicted molar refractivity (Wildman–Crippen MR) is 89.2 cm³/mol. The molecule has 0 saturated carbocycles. The largest absolute Gasteiger partial charge is 0.313 e. The lowest BCUT2D eigenvalue weighted by molar-refractivity contribution is 0.584. The summed E-state index contributed by atoms with van der Waals surface area (Å²) in [5, 5.41) is 10.8. The second kappa shape index (κ2) is 8.63. The van der Waals surface area contributed by atoms with Crippen molar-refractivity contribution >= 4 is 0 Å². The summed E-state index contributed by atoms with van der Waals surface area (Å²) >= 11 is 0. The molecule has 2 N–H and O–H groups in total. The van der Waals surface area contributed by atoms with E-state index in [9.17, 15) is 0 Å². The molecule has 0 unspecified atom stereocenters. The Kier molecular flexibility index (Phi) is 6.48. The smallest absolute Gasteiger partial charge is 0.0695 e. The fraction of sp³-hybridized carbons (Fsp3) is 0.500. The maximum atomic E-state index is 4.20. The molecule has 0 aliphatic heterocycles. The van der Waals surface area contributed by atoms with E-state index < -0.39 is 0 Å². The van der Waals surface area contributed by atoms with Crippen molar-refractivity contribution < 1.29 is 0 Å². The number of rotatable bonds is 9. The van der Waals surface area contributed by atoms with E-state index in [-0.39, 0.29) is 0 Å². The van der Waals surface area contributed by atoms with Crippen LogP contribution in [0, 0.1) is 6.92 Å². The standard InChI is InChI=1S/C18H27N3/c1-3-4-5-6-7-12-19-13-17-14-20-21-18(17)16-10-8-15(2)9-11-16/h8-11,14,19H,3-7,12-13H2,1-2H3,(H,20,21). The molecular weight excluding hydrogens is 258 g/mol. The maximum Gasteiger partial charge on any atom is 0.0695 e. The molecule has 1 heterocycles. The molecule has 114 valence electrons. The first kappa shape index (κ1) is 15.8. The van der Waals surface area contributed by atoms with Crippen LogP contribution in [0.2, 0.25) is 0 Å². The van der Waals surface area contributed by atoms with Gasteiger partial charge in [-0.15, -0.1) is 0 Å². The van der Waals surface area contributed by atoms with Crippen LogP contribution in [0.25, 0.3) is 11.3 Å². The van der Waals surface area contributed by atoms with Gasteiger partial charge in [0.1, 0.15) is 0 Å². The number of hydrogen-bond donors (Lipinski definition) is 2. The van der Waals surface area contributed by atoms with Crippen molar-refractivity contribution in [3.8, 4) is 11.3 Å². The van der Waals surface area contributed by atoms with Crippen LogP contribution in [-0.2, 0) is 6.54 Å². The van der Waals surface area contributed by atoms with Crippen molar-refractivity contribution in [3.63, 3.8) is 0 Å².